The highest BCUT2D eigenvalue weighted by molar-refractivity contribution is 5.70. The zero-order valence-electron chi connectivity index (χ0n) is 10.3. The summed E-state index contributed by atoms with van der Waals surface area (Å²) in [5, 5.41) is 8.86. The zero-order chi connectivity index (χ0) is 12.0. The highest BCUT2D eigenvalue weighted by Crippen LogP contribution is 2.16. The number of ether oxygens (including phenoxy) is 1. The summed E-state index contributed by atoms with van der Waals surface area (Å²) in [4.78, 5) is 13.0. The first-order valence-corrected chi connectivity index (χ1v) is 6.12. The highest BCUT2D eigenvalue weighted by atomic mass is 16.5. The number of carbonyl (C=O) groups is 1. The summed E-state index contributed by atoms with van der Waals surface area (Å²) < 4.78 is 5.51. The average molecular weight is 229 g/mol. The van der Waals surface area contributed by atoms with Crippen LogP contribution in [0.1, 0.15) is 26.7 Å². The molecule has 1 aliphatic heterocycles. The number of nitrogens with zero attached hydrogens (tertiary/aromatic N) is 1. The monoisotopic (exact) mass is 229 g/mol. The molecule has 0 amide bonds. The van der Waals surface area contributed by atoms with E-state index in [4.69, 9.17) is 9.84 Å². The van der Waals surface area contributed by atoms with Crippen molar-refractivity contribution in [3.05, 3.63) is 0 Å². The molecule has 4 nitrogen and oxygen atoms in total. The molecule has 1 aliphatic rings. The van der Waals surface area contributed by atoms with E-state index in [-0.39, 0.29) is 5.92 Å². The minimum Gasteiger partial charge on any atom is -0.481 e. The van der Waals surface area contributed by atoms with Gasteiger partial charge in [0.25, 0.3) is 0 Å². The number of carboxylic acids is 1. The van der Waals surface area contributed by atoms with Gasteiger partial charge in [-0.25, -0.2) is 0 Å². The molecule has 1 N–H and O–H groups in total. The predicted molar refractivity (Wildman–Crippen MR) is 62.5 cm³/mol. The second kappa shape index (κ2) is 6.86. The van der Waals surface area contributed by atoms with E-state index in [0.717, 1.165) is 45.7 Å². The summed E-state index contributed by atoms with van der Waals surface area (Å²) in [6.07, 6.45) is 1.55. The molecule has 16 heavy (non-hydrogen) atoms. The Balaban J connectivity index is 2.06. The van der Waals surface area contributed by atoms with Gasteiger partial charge in [-0.2, -0.15) is 0 Å². The van der Waals surface area contributed by atoms with Crippen molar-refractivity contribution in [2.45, 2.75) is 26.7 Å². The Kier molecular flexibility index (Phi) is 5.77. The van der Waals surface area contributed by atoms with Gasteiger partial charge in [0.1, 0.15) is 0 Å². The van der Waals surface area contributed by atoms with Crippen LogP contribution in [0.5, 0.6) is 0 Å². The van der Waals surface area contributed by atoms with Crippen LogP contribution in [0.2, 0.25) is 0 Å². The van der Waals surface area contributed by atoms with E-state index >= 15 is 0 Å². The van der Waals surface area contributed by atoms with Crippen LogP contribution in [0, 0.1) is 11.8 Å². The van der Waals surface area contributed by atoms with E-state index in [0.29, 0.717) is 5.92 Å². The maximum absolute atomic E-state index is 10.8. The molecule has 1 rings (SSSR count). The lowest BCUT2D eigenvalue weighted by Crippen LogP contribution is -2.38. The first-order chi connectivity index (χ1) is 7.59. The molecule has 4 heteroatoms. The molecule has 0 atom stereocenters. The summed E-state index contributed by atoms with van der Waals surface area (Å²) in [7, 11) is 0. The summed E-state index contributed by atoms with van der Waals surface area (Å²) >= 11 is 0. The first kappa shape index (κ1) is 13.5. The molecular formula is C12H23NO3. The summed E-state index contributed by atoms with van der Waals surface area (Å²) in [6.45, 7) is 8.56. The molecule has 1 saturated heterocycles. The number of hydrogen-bond acceptors (Lipinski definition) is 3. The fraction of sp³-hybridized carbons (Fsp3) is 0.917. The third-order valence-corrected chi connectivity index (χ3v) is 2.94. The molecule has 1 fully saturated rings. The molecule has 1 heterocycles. The summed E-state index contributed by atoms with van der Waals surface area (Å²) in [5.74, 6) is -0.193. The van der Waals surface area contributed by atoms with Crippen molar-refractivity contribution in [3.63, 3.8) is 0 Å². The van der Waals surface area contributed by atoms with E-state index in [1.807, 2.05) is 0 Å². The number of piperidine rings is 1. The van der Waals surface area contributed by atoms with E-state index in [1.165, 1.54) is 0 Å². The Bertz CT molecular complexity index is 210. The normalized spacial score (nSPS) is 19.2. The van der Waals surface area contributed by atoms with Gasteiger partial charge >= 0.3 is 5.97 Å². The van der Waals surface area contributed by atoms with Gasteiger partial charge in [-0.1, -0.05) is 13.8 Å². The Morgan fingerprint density at radius 1 is 1.44 bits per heavy atom. The number of rotatable bonds is 6. The van der Waals surface area contributed by atoms with Crippen molar-refractivity contribution >= 4 is 5.97 Å². The van der Waals surface area contributed by atoms with E-state index in [2.05, 4.69) is 18.7 Å². The molecule has 0 aromatic rings. The minimum atomic E-state index is -0.643. The predicted octanol–water partition coefficient (Wildman–Crippen LogP) is 1.46. The van der Waals surface area contributed by atoms with Gasteiger partial charge in [-0.05, 0) is 31.8 Å². The second-order valence-corrected chi connectivity index (χ2v) is 4.92. The van der Waals surface area contributed by atoms with Gasteiger partial charge in [-0.3, -0.25) is 4.79 Å². The molecule has 0 radical (unpaired) electrons. The van der Waals surface area contributed by atoms with Crippen molar-refractivity contribution in [2.75, 3.05) is 32.8 Å². The number of aliphatic carboxylic acids is 1. The molecule has 0 unspecified atom stereocenters. The fourth-order valence-corrected chi connectivity index (χ4v) is 1.92. The second-order valence-electron chi connectivity index (χ2n) is 4.92. The lowest BCUT2D eigenvalue weighted by molar-refractivity contribution is -0.143. The van der Waals surface area contributed by atoms with Crippen LogP contribution in [0.3, 0.4) is 0 Å². The van der Waals surface area contributed by atoms with Crippen molar-refractivity contribution in [1.29, 1.82) is 0 Å². The zero-order valence-corrected chi connectivity index (χ0v) is 10.3. The van der Waals surface area contributed by atoms with Gasteiger partial charge in [0.05, 0.1) is 12.5 Å². The van der Waals surface area contributed by atoms with Crippen molar-refractivity contribution in [2.24, 2.45) is 11.8 Å². The van der Waals surface area contributed by atoms with Crippen LogP contribution in [-0.2, 0) is 9.53 Å². The molecule has 0 aromatic carbocycles. The van der Waals surface area contributed by atoms with Crippen molar-refractivity contribution in [1.82, 2.24) is 4.90 Å². The van der Waals surface area contributed by atoms with Crippen LogP contribution < -0.4 is 0 Å². The quantitative estimate of drug-likeness (QED) is 0.700. The molecule has 0 spiro atoms. The van der Waals surface area contributed by atoms with Crippen LogP contribution in [0.25, 0.3) is 0 Å². The Morgan fingerprint density at radius 2 is 2.06 bits per heavy atom. The van der Waals surface area contributed by atoms with Crippen molar-refractivity contribution < 1.29 is 14.6 Å². The molecule has 0 bridgehead atoms. The SMILES string of the molecule is CC(C)COCCN1CCC(C(=O)O)CC1. The van der Waals surface area contributed by atoms with E-state index < -0.39 is 5.97 Å². The van der Waals surface area contributed by atoms with E-state index in [9.17, 15) is 4.79 Å². The fourth-order valence-electron chi connectivity index (χ4n) is 1.92. The standard InChI is InChI=1S/C12H23NO3/c1-10(2)9-16-8-7-13-5-3-11(4-6-13)12(14)15/h10-11H,3-9H2,1-2H3,(H,14,15). The smallest absolute Gasteiger partial charge is 0.306 e. The molecular weight excluding hydrogens is 206 g/mol. The van der Waals surface area contributed by atoms with Gasteiger partial charge in [0.15, 0.2) is 0 Å². The Morgan fingerprint density at radius 3 is 2.56 bits per heavy atom. The van der Waals surface area contributed by atoms with Gasteiger partial charge in [0, 0.05) is 13.2 Å². The third kappa shape index (κ3) is 4.94. The van der Waals surface area contributed by atoms with Crippen LogP contribution in [0.15, 0.2) is 0 Å². The van der Waals surface area contributed by atoms with Gasteiger partial charge in [0.2, 0.25) is 0 Å². The van der Waals surface area contributed by atoms with Gasteiger partial charge in [-0.15, -0.1) is 0 Å². The number of hydrogen-bond donors (Lipinski definition) is 1. The lowest BCUT2D eigenvalue weighted by atomic mass is 9.97. The summed E-state index contributed by atoms with van der Waals surface area (Å²) in [6, 6.07) is 0. The maximum atomic E-state index is 10.8. The lowest BCUT2D eigenvalue weighted by Gasteiger charge is -2.29. The molecule has 0 aromatic heterocycles. The molecule has 0 aliphatic carbocycles. The Hall–Kier alpha value is -0.610. The van der Waals surface area contributed by atoms with E-state index in [1.54, 1.807) is 0 Å². The maximum Gasteiger partial charge on any atom is 0.306 e. The minimum absolute atomic E-state index is 0.132. The third-order valence-electron chi connectivity index (χ3n) is 2.94. The largest absolute Gasteiger partial charge is 0.481 e. The first-order valence-electron chi connectivity index (χ1n) is 6.12. The van der Waals surface area contributed by atoms with Gasteiger partial charge < -0.3 is 14.7 Å². The average Bonchev–Trinajstić information content (AvgIpc) is 2.25. The van der Waals surface area contributed by atoms with Crippen LogP contribution in [-0.4, -0.2) is 48.8 Å². The highest BCUT2D eigenvalue weighted by Gasteiger charge is 2.23. The Labute approximate surface area is 97.6 Å². The molecule has 0 saturated carbocycles. The molecule has 94 valence electrons. The number of likely N-dealkylation sites (tertiary alicyclic amines) is 1. The van der Waals surface area contributed by atoms with Crippen molar-refractivity contribution in [3.8, 4) is 0 Å². The van der Waals surface area contributed by atoms with Crippen LogP contribution in [0.4, 0.5) is 0 Å². The van der Waals surface area contributed by atoms with Crippen LogP contribution >= 0.6 is 0 Å². The summed E-state index contributed by atoms with van der Waals surface area (Å²) in [5.41, 5.74) is 0. The number of carboxylic acid groups (broad SMARTS) is 1. The topological polar surface area (TPSA) is 49.8 Å².